The van der Waals surface area contributed by atoms with Crippen molar-refractivity contribution < 1.29 is 0 Å². The standard InChI is InChI=1S/C12H22.3C11H20.2C9H16.2C7H12.C3H8.10C2H6.3CH4/c1-2-10-7-8-11-5-3-4-6-12(11)9-10;1-2-9-6-7-10-4-3-5-11(10)8-9;2*1-2-9-7-8-10-5-3-4-6-11(9)10;1-7-5-8-3-2-4-9(8)6-7;1-2-5-9-7-3-6-8(9)4-1;2*1-2-7-4-3-6(1)5-7;1-3-2;10*1-2;;;/h10-12H,2-9H2,1H3;3*9-11H,2-8H2,1H3;7-9H,2-6H2,1H3;8-9H,1-7H2;2*6-7H,1-5H2;3H2,1-2H3;10*1-2H3;3*1H4. The summed E-state index contributed by atoms with van der Waals surface area (Å²) in [6, 6.07) is 0. The van der Waals surface area contributed by atoms with Gasteiger partial charge in [-0.05, 0) is 214 Å². The molecule has 16 atom stereocenters. The maximum Gasteiger partial charge on any atom is -0.0358 e. The quantitative estimate of drug-likeness (QED) is 0.263. The van der Waals surface area contributed by atoms with E-state index in [9.17, 15) is 0 Å². The Hall–Kier alpha value is 0. The summed E-state index contributed by atoms with van der Waals surface area (Å²) in [4.78, 5) is 0. The molecule has 0 aromatic rings. The van der Waals surface area contributed by atoms with Gasteiger partial charge in [0, 0.05) is 0 Å². The molecule has 0 aliphatic heterocycles. The fraction of sp³-hybridized carbons (Fsp3) is 1.00. The van der Waals surface area contributed by atoms with E-state index < -0.39 is 0 Å². The van der Waals surface area contributed by atoms with E-state index in [-0.39, 0.29) is 22.3 Å². The van der Waals surface area contributed by atoms with Gasteiger partial charge in [-0.2, -0.15) is 0 Å². The molecule has 0 aromatic heterocycles. The van der Waals surface area contributed by atoms with Gasteiger partial charge in [0.15, 0.2) is 0 Å². The third-order valence-corrected chi connectivity index (χ3v) is 27.9. The van der Waals surface area contributed by atoms with Gasteiger partial charge in [-0.25, -0.2) is 0 Å². The van der Waals surface area contributed by atoms with E-state index in [1.807, 2.05) is 138 Å². The number of fused-ring (bicyclic) bond motifs is 10. The predicted octanol–water partition coefficient (Wildman–Crippen LogP) is 38.6. The zero-order valence-corrected chi connectivity index (χ0v) is 75.9. The summed E-state index contributed by atoms with van der Waals surface area (Å²) in [5.74, 6) is 23.9. The van der Waals surface area contributed by atoms with Crippen molar-refractivity contribution in [3.8, 4) is 0 Å². The van der Waals surface area contributed by atoms with Crippen LogP contribution in [0.15, 0.2) is 0 Å². The third-order valence-electron chi connectivity index (χ3n) is 27.9. The van der Waals surface area contributed by atoms with Gasteiger partial charge in [0.2, 0.25) is 0 Å². The zero-order chi connectivity index (χ0) is 75.9. The van der Waals surface area contributed by atoms with Crippen LogP contribution in [0.5, 0.6) is 0 Å². The highest BCUT2D eigenvalue weighted by Crippen LogP contribution is 2.51. The fourth-order valence-electron chi connectivity index (χ4n) is 23.1. The molecule has 0 heteroatoms. The normalized spacial score (nSPS) is 34.3. The smallest absolute Gasteiger partial charge is 0.0358 e. The Bertz CT molecular complexity index is 1440. The number of hydrogen-bond acceptors (Lipinski definition) is 0. The lowest BCUT2D eigenvalue weighted by Gasteiger charge is -2.39. The first-order chi connectivity index (χ1) is 49.3. The summed E-state index contributed by atoms with van der Waals surface area (Å²) in [6.45, 7) is 56.1. The Kier molecular flexibility index (Phi) is 87.0. The van der Waals surface area contributed by atoms with Crippen molar-refractivity contribution in [2.45, 2.75) is 543 Å². The van der Waals surface area contributed by atoms with Crippen LogP contribution in [0.3, 0.4) is 0 Å². The van der Waals surface area contributed by atoms with Gasteiger partial charge in [0.25, 0.3) is 0 Å². The van der Waals surface area contributed by atoms with Gasteiger partial charge in [0.05, 0.1) is 0 Å². The van der Waals surface area contributed by atoms with Gasteiger partial charge in [0.1, 0.15) is 0 Å². The highest BCUT2D eigenvalue weighted by Gasteiger charge is 2.39. The molecule has 0 saturated heterocycles. The van der Waals surface area contributed by atoms with Crippen LogP contribution >= 0.6 is 0 Å². The first-order valence-electron chi connectivity index (χ1n) is 49.3. The van der Waals surface area contributed by atoms with Crippen molar-refractivity contribution >= 4 is 0 Å². The molecule has 0 heterocycles. The van der Waals surface area contributed by atoms with Crippen molar-refractivity contribution in [2.75, 3.05) is 0 Å². The Balaban J connectivity index is -0.000000250. The summed E-state index contributed by atoms with van der Waals surface area (Å²) in [6.07, 6.45) is 79.9. The second-order valence-electron chi connectivity index (χ2n) is 33.1. The molecule has 16 aliphatic rings. The minimum atomic E-state index is 0. The fourth-order valence-corrected chi connectivity index (χ4v) is 23.1. The Labute approximate surface area is 663 Å². The van der Waals surface area contributed by atoms with E-state index in [2.05, 4.69) is 48.5 Å². The van der Waals surface area contributed by atoms with Gasteiger partial charge < -0.3 is 0 Å². The summed E-state index contributed by atoms with van der Waals surface area (Å²) < 4.78 is 0. The van der Waals surface area contributed by atoms with Crippen LogP contribution in [0.4, 0.5) is 0 Å². The van der Waals surface area contributed by atoms with E-state index in [0.29, 0.717) is 0 Å². The van der Waals surface area contributed by atoms with Gasteiger partial charge in [-0.1, -0.05) is 453 Å². The molecule has 0 N–H and O–H groups in total. The topological polar surface area (TPSA) is 0 Å². The maximum atomic E-state index is 2.42. The number of rotatable bonds is 4. The molecule has 0 nitrogen and oxygen atoms in total. The molecule has 16 saturated carbocycles. The zero-order valence-electron chi connectivity index (χ0n) is 75.9. The monoisotopic (exact) mass is 1460 g/mol. The summed E-state index contributed by atoms with van der Waals surface area (Å²) in [7, 11) is 0. The Morgan fingerprint density at radius 2 is 0.388 bits per heavy atom. The molecule has 4 bridgehead atoms. The van der Waals surface area contributed by atoms with E-state index in [1.54, 1.807) is 218 Å². The molecule has 16 aliphatic carbocycles. The van der Waals surface area contributed by atoms with Crippen molar-refractivity contribution in [1.29, 1.82) is 0 Å². The number of hydrogen-bond donors (Lipinski definition) is 0. The van der Waals surface area contributed by atoms with Crippen LogP contribution in [0, 0.1) is 124 Å². The minimum absolute atomic E-state index is 0. The molecule has 0 spiro atoms. The first kappa shape index (κ1) is 114. The molecule has 16 rings (SSSR count). The average Bonchev–Trinajstić information content (AvgIpc) is 0.932. The van der Waals surface area contributed by atoms with Crippen molar-refractivity contribution in [3.05, 3.63) is 0 Å². The van der Waals surface area contributed by atoms with E-state index in [4.69, 9.17) is 0 Å². The van der Waals surface area contributed by atoms with Crippen LogP contribution in [0.25, 0.3) is 0 Å². The first-order valence-corrected chi connectivity index (χ1v) is 49.3. The van der Waals surface area contributed by atoms with E-state index in [0.717, 1.165) is 88.8 Å². The molecule has 0 aromatic carbocycles. The molecular weight excluding hydrogens is 1240 g/mol. The highest BCUT2D eigenvalue weighted by molar-refractivity contribution is 4.90. The largest absolute Gasteiger partial charge is 0.0776 e. The average molecular weight is 1460 g/mol. The third kappa shape index (κ3) is 45.3. The lowest BCUT2D eigenvalue weighted by Crippen LogP contribution is -2.27. The van der Waals surface area contributed by atoms with Crippen LogP contribution in [-0.4, -0.2) is 0 Å². The van der Waals surface area contributed by atoms with Gasteiger partial charge >= 0.3 is 0 Å². The second kappa shape index (κ2) is 78.7. The van der Waals surface area contributed by atoms with Crippen LogP contribution in [0.2, 0.25) is 0 Å². The summed E-state index contributed by atoms with van der Waals surface area (Å²) >= 11 is 0. The molecule has 0 radical (unpaired) electrons. The molecule has 0 amide bonds. The molecule has 16 fully saturated rings. The van der Waals surface area contributed by atoms with Crippen molar-refractivity contribution in [1.82, 2.24) is 0 Å². The summed E-state index contributed by atoms with van der Waals surface area (Å²) in [5.41, 5.74) is 0. The van der Waals surface area contributed by atoms with E-state index in [1.165, 1.54) is 151 Å². The molecule has 103 heavy (non-hydrogen) atoms. The van der Waals surface area contributed by atoms with Crippen LogP contribution < -0.4 is 0 Å². The second-order valence-corrected chi connectivity index (χ2v) is 33.1. The predicted molar refractivity (Wildman–Crippen MR) is 487 cm³/mol. The highest BCUT2D eigenvalue weighted by atomic mass is 14.4. The lowest BCUT2D eigenvalue weighted by atomic mass is 9.67. The minimum Gasteiger partial charge on any atom is -0.0776 e. The van der Waals surface area contributed by atoms with Crippen molar-refractivity contribution in [2.24, 2.45) is 124 Å². The maximum absolute atomic E-state index is 2.42. The van der Waals surface area contributed by atoms with E-state index >= 15 is 0 Å². The molecular formula is C103H218. The Morgan fingerprint density at radius 3 is 0.631 bits per heavy atom. The lowest BCUT2D eigenvalue weighted by molar-refractivity contribution is 0.128. The molecule has 630 valence electrons. The summed E-state index contributed by atoms with van der Waals surface area (Å²) in [5, 5.41) is 0. The van der Waals surface area contributed by atoms with Crippen LogP contribution in [-0.2, 0) is 0 Å². The van der Waals surface area contributed by atoms with Crippen LogP contribution in [0.1, 0.15) is 543 Å². The SMILES string of the molecule is C.C.C.C1CC2CCC1C2.C1CC2CCC1C2.C1CCC2CCCC2C1.CC.CC.CC.CC.CC.CC.CC.CC.CC.CC.CC1CC2CCCC2C1.CCC.CCC1CCC2CCCC2C1.CCC1CCC2CCCCC12.CCC1CCC2CCCCC12.CCC1CCC2CCCCC2C1. The van der Waals surface area contributed by atoms with Crippen molar-refractivity contribution in [3.63, 3.8) is 0 Å². The van der Waals surface area contributed by atoms with Gasteiger partial charge in [-0.15, -0.1) is 0 Å². The van der Waals surface area contributed by atoms with Gasteiger partial charge in [-0.3, -0.25) is 0 Å². The molecule has 16 unspecified atom stereocenters. The Morgan fingerprint density at radius 1 is 0.184 bits per heavy atom.